The van der Waals surface area contributed by atoms with Gasteiger partial charge in [-0.25, -0.2) is 8.78 Å². The van der Waals surface area contributed by atoms with Crippen molar-refractivity contribution in [2.75, 3.05) is 59.1 Å². The third-order valence-corrected chi connectivity index (χ3v) is 3.90. The minimum atomic E-state index is -0.911. The lowest BCUT2D eigenvalue weighted by atomic mass is 10.3. The van der Waals surface area contributed by atoms with E-state index in [4.69, 9.17) is 9.47 Å². The van der Waals surface area contributed by atoms with Crippen molar-refractivity contribution in [1.82, 2.24) is 15.5 Å². The summed E-state index contributed by atoms with van der Waals surface area (Å²) in [7, 11) is 0. The molecule has 0 unspecified atom stereocenters. The number of halogens is 3. The van der Waals surface area contributed by atoms with E-state index < -0.39 is 11.6 Å². The molecule has 6 nitrogen and oxygen atoms in total. The van der Waals surface area contributed by atoms with Crippen LogP contribution in [0, 0.1) is 11.6 Å². The van der Waals surface area contributed by atoms with Crippen LogP contribution in [0.2, 0.25) is 0 Å². The van der Waals surface area contributed by atoms with Gasteiger partial charge in [0.25, 0.3) is 0 Å². The zero-order valence-corrected chi connectivity index (χ0v) is 18.0. The average molecular weight is 498 g/mol. The van der Waals surface area contributed by atoms with Crippen LogP contribution in [-0.4, -0.2) is 69.9 Å². The van der Waals surface area contributed by atoms with E-state index >= 15 is 0 Å². The highest BCUT2D eigenvalue weighted by Gasteiger charge is 2.09. The average Bonchev–Trinajstić information content (AvgIpc) is 2.66. The first-order chi connectivity index (χ1) is 12.7. The Morgan fingerprint density at radius 3 is 2.70 bits per heavy atom. The zero-order chi connectivity index (χ0) is 18.6. The predicted molar refractivity (Wildman–Crippen MR) is 113 cm³/mol. The topological polar surface area (TPSA) is 58.1 Å². The molecule has 1 aromatic rings. The first kappa shape index (κ1) is 23.8. The highest BCUT2D eigenvalue weighted by atomic mass is 127. The molecule has 9 heteroatoms. The molecule has 0 spiro atoms. The van der Waals surface area contributed by atoms with Crippen molar-refractivity contribution < 1.29 is 18.3 Å². The highest BCUT2D eigenvalue weighted by Crippen LogP contribution is 2.14. The number of ether oxygens (including phenoxy) is 2. The van der Waals surface area contributed by atoms with E-state index in [1.54, 1.807) is 0 Å². The van der Waals surface area contributed by atoms with Crippen LogP contribution in [0.4, 0.5) is 8.78 Å². The maximum Gasteiger partial charge on any atom is 0.191 e. The van der Waals surface area contributed by atoms with Gasteiger partial charge in [0.2, 0.25) is 0 Å². The second-order valence-corrected chi connectivity index (χ2v) is 5.92. The van der Waals surface area contributed by atoms with Crippen molar-refractivity contribution in [2.24, 2.45) is 4.99 Å². The van der Waals surface area contributed by atoms with E-state index in [0.717, 1.165) is 70.5 Å². The van der Waals surface area contributed by atoms with Crippen LogP contribution in [0.3, 0.4) is 0 Å². The van der Waals surface area contributed by atoms with Crippen LogP contribution in [-0.2, 0) is 4.74 Å². The maximum atomic E-state index is 13.1. The number of hydrogen-bond donors (Lipinski definition) is 2. The Kier molecular flexibility index (Phi) is 12.3. The number of nitrogens with one attached hydrogen (secondary N) is 2. The van der Waals surface area contributed by atoms with E-state index in [2.05, 4.69) is 20.5 Å². The van der Waals surface area contributed by atoms with Crippen LogP contribution in [0.1, 0.15) is 13.3 Å². The molecule has 0 saturated carbocycles. The molecule has 2 rings (SSSR count). The molecule has 0 amide bonds. The summed E-state index contributed by atoms with van der Waals surface area (Å²) in [4.78, 5) is 6.92. The number of hydrogen-bond acceptors (Lipinski definition) is 4. The summed E-state index contributed by atoms with van der Waals surface area (Å²) in [6.45, 7) is 8.95. The Bertz CT molecular complexity index is 572. The molecule has 0 atom stereocenters. The lowest BCUT2D eigenvalue weighted by molar-refractivity contribution is 0.0377. The minimum Gasteiger partial charge on any atom is -0.492 e. The number of guanidine groups is 1. The van der Waals surface area contributed by atoms with E-state index in [1.165, 1.54) is 6.07 Å². The molecule has 0 bridgehead atoms. The maximum absolute atomic E-state index is 13.1. The number of nitrogens with zero attached hydrogens (tertiary/aromatic N) is 2. The van der Waals surface area contributed by atoms with Gasteiger partial charge in [0.1, 0.15) is 12.4 Å². The van der Waals surface area contributed by atoms with Crippen molar-refractivity contribution in [3.05, 3.63) is 29.8 Å². The highest BCUT2D eigenvalue weighted by molar-refractivity contribution is 14.0. The molecule has 1 aliphatic heterocycles. The summed E-state index contributed by atoms with van der Waals surface area (Å²) in [6, 6.07) is 3.50. The molecule has 0 radical (unpaired) electrons. The molecule has 0 aliphatic carbocycles. The number of aliphatic imine (C=N–C) groups is 1. The summed E-state index contributed by atoms with van der Waals surface area (Å²) in [5.74, 6) is -0.763. The van der Waals surface area contributed by atoms with Gasteiger partial charge in [-0.15, -0.1) is 24.0 Å². The minimum absolute atomic E-state index is 0. The van der Waals surface area contributed by atoms with Gasteiger partial charge in [-0.1, -0.05) is 0 Å². The van der Waals surface area contributed by atoms with Gasteiger partial charge >= 0.3 is 0 Å². The van der Waals surface area contributed by atoms with E-state index in [-0.39, 0.29) is 24.0 Å². The van der Waals surface area contributed by atoms with Crippen molar-refractivity contribution in [2.45, 2.75) is 13.3 Å². The SMILES string of the molecule is CCNC(=NCCCN1CCOCC1)NCCOc1ccc(F)c(F)c1.I. The summed E-state index contributed by atoms with van der Waals surface area (Å²) in [5.41, 5.74) is 0. The van der Waals surface area contributed by atoms with Crippen LogP contribution < -0.4 is 15.4 Å². The van der Waals surface area contributed by atoms with Gasteiger partial charge in [-0.2, -0.15) is 0 Å². The van der Waals surface area contributed by atoms with E-state index in [0.29, 0.717) is 18.9 Å². The van der Waals surface area contributed by atoms with Crippen molar-refractivity contribution >= 4 is 29.9 Å². The monoisotopic (exact) mass is 498 g/mol. The molecule has 0 aromatic heterocycles. The third-order valence-electron chi connectivity index (χ3n) is 3.90. The fourth-order valence-electron chi connectivity index (χ4n) is 2.56. The first-order valence-corrected chi connectivity index (χ1v) is 9.09. The lowest BCUT2D eigenvalue weighted by Gasteiger charge is -2.26. The Labute approximate surface area is 176 Å². The molecular weight excluding hydrogens is 469 g/mol. The normalized spacial score (nSPS) is 15.1. The standard InChI is InChI=1S/C18H28F2N4O2.HI/c1-2-21-18(22-6-3-8-24-9-12-25-13-10-24)23-7-11-26-15-4-5-16(19)17(20)14-15;/h4-5,14H,2-3,6-13H2,1H3,(H2,21,22,23);1H. The summed E-state index contributed by atoms with van der Waals surface area (Å²) in [6.07, 6.45) is 0.988. The van der Waals surface area contributed by atoms with Crippen molar-refractivity contribution in [3.8, 4) is 5.75 Å². The number of rotatable bonds is 9. The molecule has 1 aliphatic rings. The lowest BCUT2D eigenvalue weighted by Crippen LogP contribution is -2.40. The molecule has 1 aromatic carbocycles. The number of morpholine rings is 1. The van der Waals surface area contributed by atoms with Crippen LogP contribution in [0.25, 0.3) is 0 Å². The van der Waals surface area contributed by atoms with Gasteiger partial charge in [0.15, 0.2) is 17.6 Å². The first-order valence-electron chi connectivity index (χ1n) is 9.09. The Balaban J connectivity index is 0.00000364. The Morgan fingerprint density at radius 1 is 1.22 bits per heavy atom. The molecule has 1 heterocycles. The molecule has 2 N–H and O–H groups in total. The van der Waals surface area contributed by atoms with Gasteiger partial charge in [0, 0.05) is 38.8 Å². The van der Waals surface area contributed by atoms with Gasteiger partial charge in [-0.3, -0.25) is 9.89 Å². The zero-order valence-electron chi connectivity index (χ0n) is 15.7. The third kappa shape index (κ3) is 9.52. The predicted octanol–water partition coefficient (Wildman–Crippen LogP) is 2.24. The largest absolute Gasteiger partial charge is 0.492 e. The van der Waals surface area contributed by atoms with Gasteiger partial charge in [0.05, 0.1) is 19.8 Å². The molecular formula is C18H29F2IN4O2. The van der Waals surface area contributed by atoms with E-state index in [9.17, 15) is 8.78 Å². The Hall–Kier alpha value is -1.20. The van der Waals surface area contributed by atoms with Crippen LogP contribution in [0.5, 0.6) is 5.75 Å². The molecule has 154 valence electrons. The molecule has 1 saturated heterocycles. The van der Waals surface area contributed by atoms with Crippen molar-refractivity contribution in [1.29, 1.82) is 0 Å². The Morgan fingerprint density at radius 2 is 2.00 bits per heavy atom. The quantitative estimate of drug-likeness (QED) is 0.237. The smallest absolute Gasteiger partial charge is 0.191 e. The van der Waals surface area contributed by atoms with Crippen LogP contribution in [0.15, 0.2) is 23.2 Å². The second-order valence-electron chi connectivity index (χ2n) is 5.92. The fourth-order valence-corrected chi connectivity index (χ4v) is 2.56. The summed E-state index contributed by atoms with van der Waals surface area (Å²) >= 11 is 0. The van der Waals surface area contributed by atoms with Gasteiger partial charge in [-0.05, 0) is 25.5 Å². The van der Waals surface area contributed by atoms with Crippen molar-refractivity contribution in [3.63, 3.8) is 0 Å². The number of benzene rings is 1. The molecule has 1 fully saturated rings. The van der Waals surface area contributed by atoms with Crippen LogP contribution >= 0.6 is 24.0 Å². The second kappa shape index (κ2) is 13.9. The van der Waals surface area contributed by atoms with E-state index in [1.807, 2.05) is 6.92 Å². The molecule has 27 heavy (non-hydrogen) atoms. The fraction of sp³-hybridized carbons (Fsp3) is 0.611. The van der Waals surface area contributed by atoms with Gasteiger partial charge < -0.3 is 20.1 Å². The summed E-state index contributed by atoms with van der Waals surface area (Å²) in [5, 5.41) is 6.34. The summed E-state index contributed by atoms with van der Waals surface area (Å²) < 4.78 is 36.7.